The van der Waals surface area contributed by atoms with Crippen LogP contribution in [0.1, 0.15) is 57.1 Å². The summed E-state index contributed by atoms with van der Waals surface area (Å²) >= 11 is 0. The highest BCUT2D eigenvalue weighted by molar-refractivity contribution is 5.75. The summed E-state index contributed by atoms with van der Waals surface area (Å²) in [5.74, 6) is 0.323. The SMILES string of the molecule is CC1=C2C=C3[C@@H](O)[C@H](O)[C@@H](N(C)C)C[C@]34CC[C@]2(O4)C2CC=C(c3ccc(C#N)cc3)[C@@]2(C)C1. The second-order valence-electron chi connectivity index (χ2n) is 11.6. The van der Waals surface area contributed by atoms with Gasteiger partial charge in [0, 0.05) is 17.4 Å². The average Bonchev–Trinajstić information content (AvgIpc) is 3.31. The topological polar surface area (TPSA) is 76.7 Å². The lowest BCUT2D eigenvalue weighted by Crippen LogP contribution is -2.62. The van der Waals surface area contributed by atoms with Crippen LogP contribution in [-0.4, -0.2) is 58.7 Å². The van der Waals surface area contributed by atoms with Gasteiger partial charge in [-0.2, -0.15) is 5.26 Å². The zero-order chi connectivity index (χ0) is 24.0. The number of nitrogens with zero attached hydrogens (tertiary/aromatic N) is 2. The van der Waals surface area contributed by atoms with Crippen LogP contribution >= 0.6 is 0 Å². The molecule has 3 aliphatic carbocycles. The lowest BCUT2D eigenvalue weighted by Gasteiger charge is -2.56. The van der Waals surface area contributed by atoms with Gasteiger partial charge in [0.2, 0.25) is 0 Å². The van der Waals surface area contributed by atoms with Gasteiger partial charge < -0.3 is 19.8 Å². The van der Waals surface area contributed by atoms with E-state index in [2.05, 4.69) is 44.2 Å². The minimum absolute atomic E-state index is 0.0492. The van der Waals surface area contributed by atoms with E-state index in [1.165, 1.54) is 22.3 Å². The Hall–Kier alpha value is -2.23. The maximum Gasteiger partial charge on any atom is 0.105 e. The molecule has 1 unspecified atom stereocenters. The van der Waals surface area contributed by atoms with Crippen molar-refractivity contribution in [1.29, 1.82) is 5.26 Å². The van der Waals surface area contributed by atoms with Gasteiger partial charge in [-0.05, 0) is 87.5 Å². The summed E-state index contributed by atoms with van der Waals surface area (Å²) in [5, 5.41) is 31.3. The molecule has 5 aliphatic rings. The van der Waals surface area contributed by atoms with Gasteiger partial charge in [0.05, 0.1) is 28.9 Å². The second-order valence-corrected chi connectivity index (χ2v) is 11.6. The maximum absolute atomic E-state index is 11.2. The number of aliphatic hydroxyl groups is 2. The summed E-state index contributed by atoms with van der Waals surface area (Å²) in [5.41, 5.74) is 5.76. The maximum atomic E-state index is 11.2. The molecule has 6 rings (SSSR count). The molecule has 34 heavy (non-hydrogen) atoms. The number of fused-ring (bicyclic) bond motifs is 1. The predicted molar refractivity (Wildman–Crippen MR) is 131 cm³/mol. The summed E-state index contributed by atoms with van der Waals surface area (Å²) in [6.45, 7) is 4.60. The molecule has 2 heterocycles. The summed E-state index contributed by atoms with van der Waals surface area (Å²) in [6, 6.07) is 10.1. The van der Waals surface area contributed by atoms with Crippen molar-refractivity contribution in [3.63, 3.8) is 0 Å². The summed E-state index contributed by atoms with van der Waals surface area (Å²) in [6.07, 6.45) is 7.33. The zero-order valence-electron chi connectivity index (χ0n) is 20.5. The van der Waals surface area contributed by atoms with Crippen molar-refractivity contribution < 1.29 is 14.9 Å². The minimum atomic E-state index is -0.901. The van der Waals surface area contributed by atoms with Crippen LogP contribution in [0.3, 0.4) is 0 Å². The molecule has 2 fully saturated rings. The van der Waals surface area contributed by atoms with Crippen molar-refractivity contribution in [2.45, 2.75) is 75.4 Å². The van der Waals surface area contributed by atoms with E-state index in [9.17, 15) is 15.5 Å². The number of aliphatic hydroxyl groups excluding tert-OH is 2. The molecule has 178 valence electrons. The van der Waals surface area contributed by atoms with E-state index in [1.54, 1.807) is 0 Å². The molecule has 5 nitrogen and oxygen atoms in total. The third-order valence-electron chi connectivity index (χ3n) is 9.72. The number of allylic oxidation sites excluding steroid dienone is 3. The molecule has 1 aromatic rings. The molecule has 1 aromatic carbocycles. The van der Waals surface area contributed by atoms with E-state index in [1.807, 2.05) is 31.1 Å². The molecule has 2 N–H and O–H groups in total. The van der Waals surface area contributed by atoms with Gasteiger partial charge in [0.1, 0.15) is 6.10 Å². The highest BCUT2D eigenvalue weighted by Gasteiger charge is 2.67. The summed E-state index contributed by atoms with van der Waals surface area (Å²) in [4.78, 5) is 2.02. The molecule has 5 heteroatoms. The third kappa shape index (κ3) is 2.69. The fourth-order valence-electron chi connectivity index (χ4n) is 8.17. The Morgan fingerprint density at radius 2 is 1.88 bits per heavy atom. The fraction of sp³-hybridized carbons (Fsp3) is 0.552. The molecule has 2 spiro atoms. The van der Waals surface area contributed by atoms with E-state index in [0.29, 0.717) is 17.9 Å². The first-order valence-corrected chi connectivity index (χ1v) is 12.5. The Labute approximate surface area is 202 Å². The van der Waals surface area contributed by atoms with E-state index in [-0.39, 0.29) is 17.1 Å². The van der Waals surface area contributed by atoms with Gasteiger partial charge in [-0.25, -0.2) is 0 Å². The van der Waals surface area contributed by atoms with E-state index >= 15 is 0 Å². The fourth-order valence-corrected chi connectivity index (χ4v) is 8.17. The number of nitriles is 1. The molecule has 0 radical (unpaired) electrons. The Kier molecular flexibility index (Phi) is 4.68. The third-order valence-corrected chi connectivity index (χ3v) is 9.72. The lowest BCUT2D eigenvalue weighted by atomic mass is 9.56. The zero-order valence-corrected chi connectivity index (χ0v) is 20.5. The normalized spacial score (nSPS) is 42.5. The Balaban J connectivity index is 1.44. The average molecular weight is 459 g/mol. The molecule has 0 aromatic heterocycles. The van der Waals surface area contributed by atoms with Crippen LogP contribution in [0.15, 0.2) is 53.1 Å². The van der Waals surface area contributed by atoms with Gasteiger partial charge in [-0.15, -0.1) is 0 Å². The minimum Gasteiger partial charge on any atom is -0.388 e. The van der Waals surface area contributed by atoms with E-state index in [0.717, 1.165) is 31.3 Å². The number of benzene rings is 1. The molecular formula is C29H34N2O3. The number of rotatable bonds is 2. The highest BCUT2D eigenvalue weighted by atomic mass is 16.5. The van der Waals surface area contributed by atoms with Crippen molar-refractivity contribution in [3.8, 4) is 6.07 Å². The molecule has 1 saturated heterocycles. The quantitative estimate of drug-likeness (QED) is 0.701. The van der Waals surface area contributed by atoms with Gasteiger partial charge in [-0.3, -0.25) is 0 Å². The van der Waals surface area contributed by atoms with Crippen LogP contribution < -0.4 is 0 Å². The largest absolute Gasteiger partial charge is 0.388 e. The first kappa shape index (κ1) is 22.2. The van der Waals surface area contributed by atoms with Gasteiger partial charge >= 0.3 is 0 Å². The van der Waals surface area contributed by atoms with Crippen molar-refractivity contribution in [3.05, 3.63) is 64.3 Å². The molecule has 1 saturated carbocycles. The predicted octanol–water partition coefficient (Wildman–Crippen LogP) is 3.97. The monoisotopic (exact) mass is 458 g/mol. The van der Waals surface area contributed by atoms with Crippen LogP contribution in [0.25, 0.3) is 5.57 Å². The summed E-state index contributed by atoms with van der Waals surface area (Å²) in [7, 11) is 3.94. The smallest absolute Gasteiger partial charge is 0.105 e. The number of ether oxygens (including phenoxy) is 1. The van der Waals surface area contributed by atoms with Crippen LogP contribution in [-0.2, 0) is 4.74 Å². The van der Waals surface area contributed by atoms with Crippen molar-refractivity contribution >= 4 is 5.57 Å². The van der Waals surface area contributed by atoms with Crippen molar-refractivity contribution in [2.24, 2.45) is 11.3 Å². The second kappa shape index (κ2) is 7.15. The van der Waals surface area contributed by atoms with Crippen LogP contribution in [0.4, 0.5) is 0 Å². The number of likely N-dealkylation sites (N-methyl/N-ethyl adjacent to an activating group) is 1. The van der Waals surface area contributed by atoms with Crippen molar-refractivity contribution in [1.82, 2.24) is 4.90 Å². The lowest BCUT2D eigenvalue weighted by molar-refractivity contribution is -0.162. The van der Waals surface area contributed by atoms with E-state index in [4.69, 9.17) is 4.74 Å². The van der Waals surface area contributed by atoms with Gasteiger partial charge in [0.25, 0.3) is 0 Å². The molecule has 2 bridgehead atoms. The molecule has 7 atom stereocenters. The number of hydrogen-bond acceptors (Lipinski definition) is 5. The van der Waals surface area contributed by atoms with Crippen LogP contribution in [0, 0.1) is 22.7 Å². The first-order chi connectivity index (χ1) is 16.1. The highest BCUT2D eigenvalue weighted by Crippen LogP contribution is 2.68. The molecule has 2 aliphatic heterocycles. The Morgan fingerprint density at radius 3 is 2.56 bits per heavy atom. The van der Waals surface area contributed by atoms with Crippen molar-refractivity contribution in [2.75, 3.05) is 14.1 Å². The molecular weight excluding hydrogens is 424 g/mol. The Bertz CT molecular complexity index is 1190. The van der Waals surface area contributed by atoms with E-state index < -0.39 is 17.8 Å². The van der Waals surface area contributed by atoms with Crippen LogP contribution in [0.2, 0.25) is 0 Å². The number of hydrogen-bond donors (Lipinski definition) is 2. The first-order valence-electron chi connectivity index (χ1n) is 12.5. The van der Waals surface area contributed by atoms with Crippen LogP contribution in [0.5, 0.6) is 0 Å². The summed E-state index contributed by atoms with van der Waals surface area (Å²) < 4.78 is 7.25. The van der Waals surface area contributed by atoms with Gasteiger partial charge in [-0.1, -0.05) is 36.8 Å². The Morgan fingerprint density at radius 1 is 1.15 bits per heavy atom. The molecule has 0 amide bonds. The van der Waals surface area contributed by atoms with Gasteiger partial charge in [0.15, 0.2) is 0 Å². The standard InChI is InChI=1S/C29H34N2O3/c1-17-14-27(2)20(19-7-5-18(16-30)6-8-19)9-10-24(27)29-12-11-28(34-29)15-23(31(3)4)26(33)25(32)22(28)13-21(17)29/h5-9,13,23-26,32-33H,10-12,14-15H2,1-4H3/t23-,24?,25+,26+,27+,28+,29+/m0/s1.